The highest BCUT2D eigenvalue weighted by molar-refractivity contribution is 5.90. The van der Waals surface area contributed by atoms with Crippen molar-refractivity contribution in [2.75, 3.05) is 18.1 Å². The zero-order valence-corrected chi connectivity index (χ0v) is 18.6. The Bertz CT molecular complexity index is 945. The molecule has 1 saturated carbocycles. The molecule has 1 aliphatic carbocycles. The normalized spacial score (nSPS) is 18.4. The van der Waals surface area contributed by atoms with Crippen LogP contribution in [0.1, 0.15) is 60.5 Å². The zero-order valence-electron chi connectivity index (χ0n) is 18.6. The molecular formula is C26H32N2O4. The minimum atomic E-state index is -0.440. The van der Waals surface area contributed by atoms with Gasteiger partial charge < -0.3 is 20.9 Å². The Kier molecular flexibility index (Phi) is 8.31. The van der Waals surface area contributed by atoms with Gasteiger partial charge in [-0.1, -0.05) is 31.5 Å². The first-order valence-corrected chi connectivity index (χ1v) is 11.2. The lowest BCUT2D eigenvalue weighted by atomic mass is 9.86. The van der Waals surface area contributed by atoms with Crippen molar-refractivity contribution < 1.29 is 19.1 Å². The van der Waals surface area contributed by atoms with E-state index in [2.05, 4.69) is 6.92 Å². The van der Waals surface area contributed by atoms with Gasteiger partial charge in [0.05, 0.1) is 12.2 Å². The van der Waals surface area contributed by atoms with Gasteiger partial charge in [-0.2, -0.15) is 0 Å². The molecule has 0 amide bonds. The molecule has 6 heteroatoms. The van der Waals surface area contributed by atoms with Crippen LogP contribution >= 0.6 is 0 Å². The molecule has 0 spiro atoms. The van der Waals surface area contributed by atoms with Crippen LogP contribution in [0.4, 0.5) is 11.4 Å². The predicted molar refractivity (Wildman–Crippen MR) is 127 cm³/mol. The van der Waals surface area contributed by atoms with E-state index in [1.807, 2.05) is 6.07 Å². The van der Waals surface area contributed by atoms with E-state index in [0.717, 1.165) is 42.7 Å². The molecule has 32 heavy (non-hydrogen) atoms. The smallest absolute Gasteiger partial charge is 0.338 e. The number of ether oxygens (including phenoxy) is 2. The summed E-state index contributed by atoms with van der Waals surface area (Å²) >= 11 is 0. The molecule has 0 heterocycles. The Hall–Kier alpha value is -3.28. The second-order valence-corrected chi connectivity index (χ2v) is 8.29. The summed E-state index contributed by atoms with van der Waals surface area (Å²) in [6.07, 6.45) is 8.89. The molecule has 170 valence electrons. The Balaban J connectivity index is 1.43. The molecule has 0 bridgehead atoms. The largest absolute Gasteiger partial charge is 0.462 e. The van der Waals surface area contributed by atoms with Crippen molar-refractivity contribution in [1.82, 2.24) is 0 Å². The van der Waals surface area contributed by atoms with Crippen molar-refractivity contribution in [2.45, 2.75) is 51.6 Å². The van der Waals surface area contributed by atoms with E-state index < -0.39 is 5.97 Å². The van der Waals surface area contributed by atoms with E-state index >= 15 is 0 Å². The third kappa shape index (κ3) is 6.87. The molecular weight excluding hydrogens is 404 g/mol. The summed E-state index contributed by atoms with van der Waals surface area (Å²) in [4.78, 5) is 24.3. The number of nitrogens with two attached hydrogens (primary N) is 2. The van der Waals surface area contributed by atoms with Crippen LogP contribution in [0, 0.1) is 5.92 Å². The third-order valence-electron chi connectivity index (χ3n) is 5.99. The first-order valence-electron chi connectivity index (χ1n) is 11.2. The number of benzene rings is 2. The average molecular weight is 437 g/mol. The number of hydrogen-bond acceptors (Lipinski definition) is 6. The molecule has 0 radical (unpaired) electrons. The maximum Gasteiger partial charge on any atom is 0.338 e. The average Bonchev–Trinajstić information content (AvgIpc) is 2.80. The Morgan fingerprint density at radius 3 is 2.41 bits per heavy atom. The Morgan fingerprint density at radius 1 is 1.03 bits per heavy atom. The minimum absolute atomic E-state index is 0.0169. The van der Waals surface area contributed by atoms with Gasteiger partial charge in [-0.25, -0.2) is 9.59 Å². The molecule has 3 rings (SSSR count). The zero-order chi connectivity index (χ0) is 22.9. The first-order chi connectivity index (χ1) is 15.4. The number of nitrogen functional groups attached to an aromatic ring is 2. The monoisotopic (exact) mass is 436 g/mol. The molecule has 0 saturated heterocycles. The number of rotatable bonds is 8. The first kappa shape index (κ1) is 23.4. The van der Waals surface area contributed by atoms with E-state index in [-0.39, 0.29) is 18.7 Å². The van der Waals surface area contributed by atoms with Gasteiger partial charge in [0, 0.05) is 23.9 Å². The topological polar surface area (TPSA) is 105 Å². The highest BCUT2D eigenvalue weighted by atomic mass is 16.5. The fraction of sp³-hybridized carbons (Fsp3) is 0.385. The molecule has 0 unspecified atom stereocenters. The molecule has 1 fully saturated rings. The molecule has 6 nitrogen and oxygen atoms in total. The van der Waals surface area contributed by atoms with E-state index in [1.165, 1.54) is 12.5 Å². The Morgan fingerprint density at radius 2 is 1.75 bits per heavy atom. The standard InChI is InChI=1S/C26H32N2O4/c1-2-18-5-12-23(13-6-18)32-26(30)21-8-3-19(4-9-21)7-14-25(29)31-16-15-20-10-11-22(27)17-24(20)28/h3-4,7-11,14,17-18,23H,2,5-6,12-13,15-16,27-28H2,1H3. The minimum Gasteiger partial charge on any atom is -0.462 e. The van der Waals surface area contributed by atoms with Crippen LogP contribution in [0.2, 0.25) is 0 Å². The molecule has 0 atom stereocenters. The lowest BCUT2D eigenvalue weighted by Crippen LogP contribution is -2.24. The van der Waals surface area contributed by atoms with Gasteiger partial charge in [-0.3, -0.25) is 0 Å². The van der Waals surface area contributed by atoms with Crippen molar-refractivity contribution in [3.63, 3.8) is 0 Å². The molecule has 1 aliphatic rings. The predicted octanol–water partition coefficient (Wildman–Crippen LogP) is 4.78. The van der Waals surface area contributed by atoms with Gasteiger partial charge in [-0.05, 0) is 73.1 Å². The number of hydrogen-bond donors (Lipinski definition) is 2. The molecule has 0 aromatic heterocycles. The molecule has 4 N–H and O–H groups in total. The van der Waals surface area contributed by atoms with Crippen LogP contribution in [0.5, 0.6) is 0 Å². The molecule has 0 aliphatic heterocycles. The van der Waals surface area contributed by atoms with Gasteiger partial charge in [-0.15, -0.1) is 0 Å². The van der Waals surface area contributed by atoms with Gasteiger partial charge in [0.25, 0.3) is 0 Å². The summed E-state index contributed by atoms with van der Waals surface area (Å²) in [5, 5.41) is 0. The third-order valence-corrected chi connectivity index (χ3v) is 5.99. The Labute approximate surface area is 189 Å². The van der Waals surface area contributed by atoms with Gasteiger partial charge in [0.1, 0.15) is 6.10 Å². The lowest BCUT2D eigenvalue weighted by molar-refractivity contribution is -0.137. The van der Waals surface area contributed by atoms with Crippen LogP contribution in [0.25, 0.3) is 6.08 Å². The van der Waals surface area contributed by atoms with Crippen LogP contribution in [0.15, 0.2) is 48.5 Å². The highest BCUT2D eigenvalue weighted by Crippen LogP contribution is 2.28. The second-order valence-electron chi connectivity index (χ2n) is 8.29. The van der Waals surface area contributed by atoms with E-state index in [0.29, 0.717) is 23.4 Å². The SMILES string of the molecule is CCC1CCC(OC(=O)c2ccc(C=CC(=O)OCCc3ccc(N)cc3N)cc2)CC1. The van der Waals surface area contributed by atoms with E-state index in [1.54, 1.807) is 42.5 Å². The summed E-state index contributed by atoms with van der Waals surface area (Å²) < 4.78 is 10.9. The number of esters is 2. The highest BCUT2D eigenvalue weighted by Gasteiger charge is 2.23. The number of anilines is 2. The quantitative estimate of drug-likeness (QED) is 0.351. The summed E-state index contributed by atoms with van der Waals surface area (Å²) in [5.74, 6) is 0.0329. The number of carbonyl (C=O) groups excluding carboxylic acids is 2. The van der Waals surface area contributed by atoms with Gasteiger partial charge >= 0.3 is 11.9 Å². The maximum atomic E-state index is 12.4. The van der Waals surface area contributed by atoms with E-state index in [9.17, 15) is 9.59 Å². The molecule has 2 aromatic carbocycles. The van der Waals surface area contributed by atoms with Crippen LogP contribution in [-0.4, -0.2) is 24.6 Å². The fourth-order valence-electron chi connectivity index (χ4n) is 3.92. The summed E-state index contributed by atoms with van der Waals surface area (Å²) in [5.41, 5.74) is 15.0. The summed E-state index contributed by atoms with van der Waals surface area (Å²) in [7, 11) is 0. The van der Waals surface area contributed by atoms with Crippen molar-refractivity contribution in [1.29, 1.82) is 0 Å². The second kappa shape index (κ2) is 11.4. The van der Waals surface area contributed by atoms with Gasteiger partial charge in [0.2, 0.25) is 0 Å². The van der Waals surface area contributed by atoms with Crippen molar-refractivity contribution in [2.24, 2.45) is 5.92 Å². The maximum absolute atomic E-state index is 12.4. The van der Waals surface area contributed by atoms with E-state index in [4.69, 9.17) is 20.9 Å². The van der Waals surface area contributed by atoms with Crippen LogP contribution in [0.3, 0.4) is 0 Å². The van der Waals surface area contributed by atoms with Crippen molar-refractivity contribution >= 4 is 29.4 Å². The van der Waals surface area contributed by atoms with Gasteiger partial charge in [0.15, 0.2) is 0 Å². The van der Waals surface area contributed by atoms with Crippen LogP contribution < -0.4 is 11.5 Å². The van der Waals surface area contributed by atoms with Crippen LogP contribution in [-0.2, 0) is 20.7 Å². The fourth-order valence-corrected chi connectivity index (χ4v) is 3.92. The molecule has 2 aromatic rings. The lowest BCUT2D eigenvalue weighted by Gasteiger charge is -2.27. The summed E-state index contributed by atoms with van der Waals surface area (Å²) in [6.45, 7) is 2.44. The summed E-state index contributed by atoms with van der Waals surface area (Å²) in [6, 6.07) is 12.3. The van der Waals surface area contributed by atoms with Crippen molar-refractivity contribution in [3.05, 3.63) is 65.2 Å². The van der Waals surface area contributed by atoms with Crippen molar-refractivity contribution in [3.8, 4) is 0 Å². The number of carbonyl (C=O) groups is 2.